The highest BCUT2D eigenvalue weighted by atomic mass is 19.1. The van der Waals surface area contributed by atoms with E-state index in [0.29, 0.717) is 48.9 Å². The second-order valence-corrected chi connectivity index (χ2v) is 7.65. The highest BCUT2D eigenvalue weighted by Gasteiger charge is 2.33. The van der Waals surface area contributed by atoms with Crippen LogP contribution in [0.1, 0.15) is 12.5 Å². The number of halogens is 1. The molecule has 1 aromatic heterocycles. The fraction of sp³-hybridized carbons (Fsp3) is 0.364. The van der Waals surface area contributed by atoms with Gasteiger partial charge >= 0.3 is 6.09 Å². The van der Waals surface area contributed by atoms with Gasteiger partial charge in [0, 0.05) is 39.3 Å². The number of ether oxygens (including phenoxy) is 1. The van der Waals surface area contributed by atoms with Gasteiger partial charge in [0.2, 0.25) is 5.91 Å². The van der Waals surface area contributed by atoms with Gasteiger partial charge in [-0.1, -0.05) is 0 Å². The monoisotopic (exact) mass is 438 g/mol. The van der Waals surface area contributed by atoms with Crippen LogP contribution in [0.2, 0.25) is 0 Å². The number of carbonyl (C=O) groups excluding carboxylic acids is 2. The van der Waals surface area contributed by atoms with E-state index < -0.39 is 18.0 Å². The number of carbonyl (C=O) groups is 2. The summed E-state index contributed by atoms with van der Waals surface area (Å²) in [5.74, 6) is 0.0123. The molecule has 0 saturated carbocycles. The van der Waals surface area contributed by atoms with Crippen LogP contribution in [0.4, 0.5) is 26.4 Å². The molecule has 3 heterocycles. The van der Waals surface area contributed by atoms with Gasteiger partial charge in [-0.2, -0.15) is 5.26 Å². The zero-order valence-corrected chi connectivity index (χ0v) is 17.6. The topological polar surface area (TPSA) is 102 Å². The molecule has 4 rings (SSSR count). The standard InChI is InChI=1S/C22H23FN6O3/c1-15(30)26-13-18-14-29(22(31)32-18)17-4-5-20(19(23)11-17)27-7-9-28(10-8-27)21-16(12-24)3-2-6-25-21/h2-6,11,18H,7-10,13-14H2,1H3,(H,26,30)/t18-/m0/s1. The first-order valence-corrected chi connectivity index (χ1v) is 10.3. The minimum atomic E-state index is -0.565. The molecule has 2 saturated heterocycles. The van der Waals surface area contributed by atoms with Gasteiger partial charge in [-0.25, -0.2) is 14.2 Å². The lowest BCUT2D eigenvalue weighted by Crippen LogP contribution is -2.47. The molecule has 0 spiro atoms. The normalized spacial score (nSPS) is 18.3. The zero-order chi connectivity index (χ0) is 22.7. The third kappa shape index (κ3) is 4.42. The molecule has 0 radical (unpaired) electrons. The van der Waals surface area contributed by atoms with Gasteiger partial charge in [0.1, 0.15) is 23.8 Å². The van der Waals surface area contributed by atoms with Crippen molar-refractivity contribution in [2.45, 2.75) is 13.0 Å². The molecule has 0 bridgehead atoms. The Hall–Kier alpha value is -3.87. The fourth-order valence-corrected chi connectivity index (χ4v) is 3.91. The van der Waals surface area contributed by atoms with Gasteiger partial charge < -0.3 is 19.9 Å². The maximum Gasteiger partial charge on any atom is 0.414 e. The minimum absolute atomic E-state index is 0.207. The smallest absolute Gasteiger partial charge is 0.414 e. The van der Waals surface area contributed by atoms with Gasteiger partial charge in [0.25, 0.3) is 0 Å². The predicted molar refractivity (Wildman–Crippen MR) is 116 cm³/mol. The summed E-state index contributed by atoms with van der Waals surface area (Å²) in [5.41, 5.74) is 1.38. The summed E-state index contributed by atoms with van der Waals surface area (Å²) in [6, 6.07) is 10.3. The van der Waals surface area contributed by atoms with Gasteiger partial charge in [0.05, 0.1) is 30.0 Å². The Morgan fingerprint density at radius 3 is 2.72 bits per heavy atom. The summed E-state index contributed by atoms with van der Waals surface area (Å²) in [4.78, 5) is 32.9. The lowest BCUT2D eigenvalue weighted by Gasteiger charge is -2.37. The third-order valence-electron chi connectivity index (χ3n) is 5.52. The molecular weight excluding hydrogens is 415 g/mol. The van der Waals surface area contributed by atoms with E-state index in [2.05, 4.69) is 16.4 Å². The molecule has 10 heteroatoms. The Morgan fingerprint density at radius 1 is 1.28 bits per heavy atom. The predicted octanol–water partition coefficient (Wildman–Crippen LogP) is 1.88. The molecule has 32 heavy (non-hydrogen) atoms. The van der Waals surface area contributed by atoms with Gasteiger partial charge in [0.15, 0.2) is 0 Å². The molecule has 2 aliphatic rings. The van der Waals surface area contributed by atoms with Crippen molar-refractivity contribution >= 4 is 29.2 Å². The maximum absolute atomic E-state index is 15.0. The van der Waals surface area contributed by atoms with E-state index in [0.717, 1.165) is 0 Å². The van der Waals surface area contributed by atoms with Crippen molar-refractivity contribution in [2.24, 2.45) is 0 Å². The Balaban J connectivity index is 1.41. The van der Waals surface area contributed by atoms with Crippen LogP contribution in [-0.2, 0) is 9.53 Å². The van der Waals surface area contributed by atoms with E-state index in [9.17, 15) is 19.2 Å². The molecule has 1 aromatic carbocycles. The maximum atomic E-state index is 15.0. The molecule has 9 nitrogen and oxygen atoms in total. The number of amides is 2. The van der Waals surface area contributed by atoms with Crippen LogP contribution in [0.25, 0.3) is 0 Å². The molecule has 2 aromatic rings. The van der Waals surface area contributed by atoms with E-state index in [1.807, 2.05) is 9.80 Å². The molecular formula is C22H23FN6O3. The number of pyridine rings is 1. The van der Waals surface area contributed by atoms with Crippen LogP contribution in [0.3, 0.4) is 0 Å². The minimum Gasteiger partial charge on any atom is -0.442 e. The highest BCUT2D eigenvalue weighted by molar-refractivity contribution is 5.90. The number of rotatable bonds is 5. The average Bonchev–Trinajstić information content (AvgIpc) is 3.18. The zero-order valence-electron chi connectivity index (χ0n) is 17.6. The molecule has 1 N–H and O–H groups in total. The van der Waals surface area contributed by atoms with E-state index in [-0.39, 0.29) is 19.0 Å². The molecule has 1 atom stereocenters. The number of hydrogen-bond acceptors (Lipinski definition) is 7. The lowest BCUT2D eigenvalue weighted by atomic mass is 10.2. The van der Waals surface area contributed by atoms with Crippen molar-refractivity contribution in [2.75, 3.05) is 54.0 Å². The Kier molecular flexibility index (Phi) is 6.07. The van der Waals surface area contributed by atoms with Gasteiger partial charge in [-0.3, -0.25) is 9.69 Å². The second kappa shape index (κ2) is 9.09. The van der Waals surface area contributed by atoms with Crippen LogP contribution in [0.5, 0.6) is 0 Å². The van der Waals surface area contributed by atoms with Crippen LogP contribution in [0, 0.1) is 17.1 Å². The van der Waals surface area contributed by atoms with Crippen molar-refractivity contribution in [3.05, 3.63) is 47.9 Å². The molecule has 0 aliphatic carbocycles. The first-order chi connectivity index (χ1) is 15.5. The quantitative estimate of drug-likeness (QED) is 0.761. The average molecular weight is 438 g/mol. The SMILES string of the molecule is CC(=O)NC[C@H]1CN(c2ccc(N3CCN(c4ncccc4C#N)CC3)c(F)c2)C(=O)O1. The van der Waals surface area contributed by atoms with E-state index in [1.165, 1.54) is 17.9 Å². The van der Waals surface area contributed by atoms with Crippen molar-refractivity contribution in [1.82, 2.24) is 10.3 Å². The van der Waals surface area contributed by atoms with E-state index in [1.54, 1.807) is 30.5 Å². The first kappa shape index (κ1) is 21.4. The number of piperazine rings is 1. The number of nitrogens with zero attached hydrogens (tertiary/aromatic N) is 5. The number of hydrogen-bond donors (Lipinski definition) is 1. The van der Waals surface area contributed by atoms with Crippen molar-refractivity contribution in [3.63, 3.8) is 0 Å². The summed E-state index contributed by atoms with van der Waals surface area (Å²) in [6.07, 6.45) is 0.613. The Labute approximate surface area is 185 Å². The lowest BCUT2D eigenvalue weighted by molar-refractivity contribution is -0.119. The number of nitriles is 1. The van der Waals surface area contributed by atoms with Crippen molar-refractivity contribution in [1.29, 1.82) is 5.26 Å². The van der Waals surface area contributed by atoms with Crippen molar-refractivity contribution in [3.8, 4) is 6.07 Å². The van der Waals surface area contributed by atoms with Crippen LogP contribution in [-0.4, -0.2) is 62.4 Å². The Bertz CT molecular complexity index is 1060. The fourth-order valence-electron chi connectivity index (χ4n) is 3.91. The van der Waals surface area contributed by atoms with Crippen molar-refractivity contribution < 1.29 is 18.7 Å². The molecule has 2 amide bonds. The summed E-state index contributed by atoms with van der Waals surface area (Å²) >= 11 is 0. The number of nitrogens with one attached hydrogen (secondary N) is 1. The van der Waals surface area contributed by atoms with E-state index in [4.69, 9.17) is 4.74 Å². The highest BCUT2D eigenvalue weighted by Crippen LogP contribution is 2.29. The number of aromatic nitrogens is 1. The molecule has 2 fully saturated rings. The second-order valence-electron chi connectivity index (χ2n) is 7.65. The van der Waals surface area contributed by atoms with Gasteiger partial charge in [-0.05, 0) is 30.3 Å². The molecule has 166 valence electrons. The summed E-state index contributed by atoms with van der Waals surface area (Å²) in [5, 5.41) is 11.9. The van der Waals surface area contributed by atoms with Crippen LogP contribution >= 0.6 is 0 Å². The summed E-state index contributed by atoms with van der Waals surface area (Å²) in [6.45, 7) is 4.20. The van der Waals surface area contributed by atoms with Crippen LogP contribution < -0.4 is 20.0 Å². The number of cyclic esters (lactones) is 1. The van der Waals surface area contributed by atoms with Gasteiger partial charge in [-0.15, -0.1) is 0 Å². The molecule has 0 unspecified atom stereocenters. The summed E-state index contributed by atoms with van der Waals surface area (Å²) < 4.78 is 20.2. The molecule has 2 aliphatic heterocycles. The third-order valence-corrected chi connectivity index (χ3v) is 5.52. The Morgan fingerprint density at radius 2 is 2.03 bits per heavy atom. The number of anilines is 3. The summed E-state index contributed by atoms with van der Waals surface area (Å²) in [7, 11) is 0. The van der Waals surface area contributed by atoms with E-state index >= 15 is 0 Å². The first-order valence-electron chi connectivity index (χ1n) is 10.3. The largest absolute Gasteiger partial charge is 0.442 e. The van der Waals surface area contributed by atoms with Crippen LogP contribution in [0.15, 0.2) is 36.5 Å². The number of benzene rings is 1.